The molecule has 5 rings (SSSR count). The van der Waals surface area contributed by atoms with E-state index in [0.29, 0.717) is 18.5 Å². The number of hydrogen-bond acceptors (Lipinski definition) is 5. The van der Waals surface area contributed by atoms with Gasteiger partial charge in [0.1, 0.15) is 11.6 Å². The van der Waals surface area contributed by atoms with Crippen molar-refractivity contribution in [3.05, 3.63) is 85.0 Å². The minimum absolute atomic E-state index is 0.135. The Morgan fingerprint density at radius 3 is 2.45 bits per heavy atom. The van der Waals surface area contributed by atoms with E-state index in [9.17, 15) is 19.5 Å². The van der Waals surface area contributed by atoms with Gasteiger partial charge in [-0.05, 0) is 56.0 Å². The second-order valence-corrected chi connectivity index (χ2v) is 12.5. The molecule has 3 saturated heterocycles. The Labute approximate surface area is 255 Å². The van der Waals surface area contributed by atoms with E-state index in [1.807, 2.05) is 62.4 Å². The van der Waals surface area contributed by atoms with E-state index in [4.69, 9.17) is 4.74 Å². The van der Waals surface area contributed by atoms with Crippen LogP contribution in [0.4, 0.5) is 11.4 Å². The van der Waals surface area contributed by atoms with Crippen molar-refractivity contribution >= 4 is 45.0 Å². The van der Waals surface area contributed by atoms with Crippen LogP contribution >= 0.6 is 15.9 Å². The lowest BCUT2D eigenvalue weighted by Crippen LogP contribution is -2.57. The molecule has 3 unspecified atom stereocenters. The van der Waals surface area contributed by atoms with E-state index in [1.165, 1.54) is 0 Å². The van der Waals surface area contributed by atoms with E-state index in [2.05, 4.69) is 29.1 Å². The zero-order valence-corrected chi connectivity index (χ0v) is 25.7. The molecule has 2 aromatic rings. The van der Waals surface area contributed by atoms with Gasteiger partial charge in [0.05, 0.1) is 17.9 Å². The molecule has 8 nitrogen and oxygen atoms in total. The first-order valence-electron chi connectivity index (χ1n) is 14.4. The highest BCUT2D eigenvalue weighted by Crippen LogP contribution is 2.60. The second kappa shape index (κ2) is 12.1. The lowest BCUT2D eigenvalue weighted by Gasteiger charge is -2.37. The van der Waals surface area contributed by atoms with Crippen LogP contribution < -0.4 is 9.80 Å². The third kappa shape index (κ3) is 4.91. The SMILES string of the molecule is C=CCN(C(=O)[C@H]1[C@H]2C(=O)N(CCCO)C(C(=O)N(CC=C)c3cc(C)ccc3C)C23CC(Br)[C@@H]1O3)c1ccccc1. The van der Waals surface area contributed by atoms with Crippen molar-refractivity contribution in [2.45, 2.75) is 49.3 Å². The van der Waals surface area contributed by atoms with Gasteiger partial charge in [-0.2, -0.15) is 0 Å². The van der Waals surface area contributed by atoms with Crippen molar-refractivity contribution in [3.63, 3.8) is 0 Å². The van der Waals surface area contributed by atoms with Crippen molar-refractivity contribution in [3.8, 4) is 0 Å². The number of carbonyl (C=O) groups excluding carboxylic acids is 3. The van der Waals surface area contributed by atoms with E-state index in [-0.39, 0.29) is 48.8 Å². The summed E-state index contributed by atoms with van der Waals surface area (Å²) < 4.78 is 6.71. The van der Waals surface area contributed by atoms with Gasteiger partial charge >= 0.3 is 0 Å². The molecule has 1 N–H and O–H groups in total. The van der Waals surface area contributed by atoms with E-state index in [0.717, 1.165) is 16.8 Å². The van der Waals surface area contributed by atoms with E-state index < -0.39 is 29.6 Å². The smallest absolute Gasteiger partial charge is 0.253 e. The first kappa shape index (κ1) is 30.2. The first-order chi connectivity index (χ1) is 20.2. The number of anilines is 2. The lowest BCUT2D eigenvalue weighted by molar-refractivity contribution is -0.140. The number of para-hydroxylation sites is 1. The fraction of sp³-hybridized carbons (Fsp3) is 0.424. The van der Waals surface area contributed by atoms with Crippen LogP contribution in [0.3, 0.4) is 0 Å². The van der Waals surface area contributed by atoms with Crippen molar-refractivity contribution in [1.82, 2.24) is 4.90 Å². The van der Waals surface area contributed by atoms with Crippen molar-refractivity contribution < 1.29 is 24.2 Å². The average Bonchev–Trinajstić information content (AvgIpc) is 3.57. The van der Waals surface area contributed by atoms with Crippen molar-refractivity contribution in [1.29, 1.82) is 0 Å². The molecule has 0 aliphatic carbocycles. The zero-order chi connectivity index (χ0) is 30.2. The minimum atomic E-state index is -1.20. The number of likely N-dealkylation sites (tertiary alicyclic amines) is 1. The molecule has 42 heavy (non-hydrogen) atoms. The number of amides is 3. The maximum atomic E-state index is 14.7. The highest BCUT2D eigenvalue weighted by molar-refractivity contribution is 9.09. The maximum absolute atomic E-state index is 14.7. The van der Waals surface area contributed by atoms with Crippen LogP contribution in [0.25, 0.3) is 0 Å². The number of aliphatic hydroxyl groups excluding tert-OH is 1. The molecular weight excluding hydrogens is 598 g/mol. The molecule has 222 valence electrons. The average molecular weight is 637 g/mol. The topological polar surface area (TPSA) is 90.4 Å². The van der Waals surface area contributed by atoms with Gasteiger partial charge in [-0.25, -0.2) is 0 Å². The fourth-order valence-corrected chi connectivity index (χ4v) is 7.95. The molecule has 0 aromatic heterocycles. The van der Waals surface area contributed by atoms with Crippen LogP contribution in [-0.2, 0) is 19.1 Å². The van der Waals surface area contributed by atoms with Crippen LogP contribution in [0.15, 0.2) is 73.8 Å². The maximum Gasteiger partial charge on any atom is 0.253 e. The summed E-state index contributed by atoms with van der Waals surface area (Å²) >= 11 is 3.76. The summed E-state index contributed by atoms with van der Waals surface area (Å²) in [7, 11) is 0. The zero-order valence-electron chi connectivity index (χ0n) is 24.1. The standard InChI is InChI=1S/C33H38BrN3O5/c1-5-15-35(23-11-8-7-9-12-23)30(39)26-27-31(40)37(17-10-18-38)29(33(27)20-24(34)28(26)42-33)32(41)36(16-6-2)25-19-21(3)13-14-22(25)4/h5-9,11-14,19,24,26-29,38H,1-2,10,15-18,20H2,3-4H3/t24?,26-,27-,28-,29?,33?/m0/s1. The van der Waals surface area contributed by atoms with Crippen molar-refractivity contribution in [2.75, 3.05) is 36.0 Å². The van der Waals surface area contributed by atoms with Gasteiger partial charge in [-0.1, -0.05) is 58.4 Å². The molecule has 0 saturated carbocycles. The number of aryl methyl sites for hydroxylation is 2. The van der Waals surface area contributed by atoms with Crippen LogP contribution in [0.1, 0.15) is 24.0 Å². The molecule has 6 atom stereocenters. The first-order valence-corrected chi connectivity index (χ1v) is 15.3. The number of benzene rings is 2. The molecule has 3 heterocycles. The van der Waals surface area contributed by atoms with Crippen molar-refractivity contribution in [2.24, 2.45) is 11.8 Å². The molecule has 2 bridgehead atoms. The Morgan fingerprint density at radius 1 is 1.10 bits per heavy atom. The Morgan fingerprint density at radius 2 is 1.79 bits per heavy atom. The van der Waals surface area contributed by atoms with Gasteiger partial charge in [0.25, 0.3) is 5.91 Å². The summed E-state index contributed by atoms with van der Waals surface area (Å²) in [5.74, 6) is -2.43. The quantitative estimate of drug-likeness (QED) is 0.296. The third-order valence-corrected chi connectivity index (χ3v) is 9.59. The molecule has 2 aromatic carbocycles. The normalized spacial score (nSPS) is 27.6. The minimum Gasteiger partial charge on any atom is -0.396 e. The number of halogens is 1. The monoisotopic (exact) mass is 635 g/mol. The summed E-state index contributed by atoms with van der Waals surface area (Å²) in [6.07, 6.45) is 3.46. The number of fused-ring (bicyclic) bond motifs is 1. The number of hydrogen-bond donors (Lipinski definition) is 1. The molecule has 1 spiro atoms. The number of ether oxygens (including phenoxy) is 1. The number of carbonyl (C=O) groups is 3. The number of alkyl halides is 1. The summed E-state index contributed by atoms with van der Waals surface area (Å²) in [6, 6.07) is 14.3. The molecule has 3 aliphatic heterocycles. The Balaban J connectivity index is 1.60. The molecule has 0 radical (unpaired) electrons. The molecular formula is C33H38BrN3O5. The molecule has 3 aliphatic rings. The predicted octanol–water partition coefficient (Wildman–Crippen LogP) is 4.17. The largest absolute Gasteiger partial charge is 0.396 e. The number of rotatable bonds is 11. The lowest BCUT2D eigenvalue weighted by atomic mass is 9.70. The van der Waals surface area contributed by atoms with Crippen LogP contribution in [0, 0.1) is 25.7 Å². The predicted molar refractivity (Wildman–Crippen MR) is 167 cm³/mol. The van der Waals surface area contributed by atoms with Crippen LogP contribution in [-0.4, -0.2) is 76.5 Å². The van der Waals surface area contributed by atoms with Gasteiger partial charge in [0, 0.05) is 42.4 Å². The second-order valence-electron chi connectivity index (χ2n) is 11.4. The highest BCUT2D eigenvalue weighted by atomic mass is 79.9. The fourth-order valence-electron chi connectivity index (χ4n) is 7.01. The van der Waals surface area contributed by atoms with Gasteiger partial charge in [-0.3, -0.25) is 14.4 Å². The highest BCUT2D eigenvalue weighted by Gasteiger charge is 2.77. The summed E-state index contributed by atoms with van der Waals surface area (Å²) in [4.78, 5) is 48.0. The Bertz CT molecular complexity index is 1380. The van der Waals surface area contributed by atoms with Gasteiger partial charge in [-0.15, -0.1) is 13.2 Å². The molecule has 9 heteroatoms. The van der Waals surface area contributed by atoms with Crippen LogP contribution in [0.5, 0.6) is 0 Å². The Kier molecular flexibility index (Phi) is 8.73. The van der Waals surface area contributed by atoms with E-state index >= 15 is 0 Å². The summed E-state index contributed by atoms with van der Waals surface area (Å²) in [5.41, 5.74) is 2.16. The van der Waals surface area contributed by atoms with E-state index in [1.54, 1.807) is 26.9 Å². The van der Waals surface area contributed by atoms with Crippen LogP contribution in [0.2, 0.25) is 0 Å². The summed E-state index contributed by atoms with van der Waals surface area (Å²) in [6.45, 7) is 12.2. The number of aliphatic hydroxyl groups is 1. The summed E-state index contributed by atoms with van der Waals surface area (Å²) in [5, 5.41) is 9.69. The Hall–Kier alpha value is -3.27. The van der Waals surface area contributed by atoms with Gasteiger partial charge < -0.3 is 24.5 Å². The van der Waals surface area contributed by atoms with Gasteiger partial charge in [0.2, 0.25) is 11.8 Å². The molecule has 3 amide bonds. The number of nitrogens with zero attached hydrogens (tertiary/aromatic N) is 3. The van der Waals surface area contributed by atoms with Gasteiger partial charge in [0.15, 0.2) is 0 Å². The molecule has 3 fully saturated rings. The third-order valence-electron chi connectivity index (χ3n) is 8.74.